The lowest BCUT2D eigenvalue weighted by atomic mass is 10.1. The van der Waals surface area contributed by atoms with E-state index in [4.69, 9.17) is 4.74 Å². The molecule has 0 spiro atoms. The van der Waals surface area contributed by atoms with Crippen molar-refractivity contribution in [3.05, 3.63) is 62.1 Å². The van der Waals surface area contributed by atoms with E-state index >= 15 is 0 Å². The van der Waals surface area contributed by atoms with Gasteiger partial charge in [0.05, 0.1) is 23.8 Å². The number of quaternary nitrogens is 1. The van der Waals surface area contributed by atoms with Crippen LogP contribution in [0.25, 0.3) is 0 Å². The predicted octanol–water partition coefficient (Wildman–Crippen LogP) is 1.60. The summed E-state index contributed by atoms with van der Waals surface area (Å²) < 4.78 is 5.51. The Bertz CT molecular complexity index is 818. The van der Waals surface area contributed by atoms with Gasteiger partial charge in [0.2, 0.25) is 0 Å². The molecule has 1 saturated heterocycles. The Balaban J connectivity index is 1.71. The van der Waals surface area contributed by atoms with Gasteiger partial charge >= 0.3 is 0 Å². The number of morpholine rings is 1. The summed E-state index contributed by atoms with van der Waals surface area (Å²) in [6.07, 6.45) is 1.36. The van der Waals surface area contributed by atoms with Crippen LogP contribution in [-0.2, 0) is 11.3 Å². The number of ether oxygens (including phenoxy) is 1. The van der Waals surface area contributed by atoms with Crippen molar-refractivity contribution in [2.75, 3.05) is 26.3 Å². The maximum Gasteiger partial charge on any atom is 0.271 e. The van der Waals surface area contributed by atoms with Gasteiger partial charge in [-0.15, -0.1) is 0 Å². The Morgan fingerprint density at radius 2 is 1.92 bits per heavy atom. The van der Waals surface area contributed by atoms with E-state index in [-0.39, 0.29) is 21.5 Å². The van der Waals surface area contributed by atoms with E-state index in [2.05, 4.69) is 20.9 Å². The maximum atomic E-state index is 12.1. The highest BCUT2D eigenvalue weighted by Gasteiger charge is 2.14. The Morgan fingerprint density at radius 1 is 1.23 bits per heavy atom. The molecule has 0 aliphatic carbocycles. The molecule has 2 aromatic rings. The van der Waals surface area contributed by atoms with Crippen molar-refractivity contribution in [1.82, 2.24) is 0 Å². The highest BCUT2D eigenvalue weighted by atomic mass is 79.9. The number of halogens is 1. The maximum absolute atomic E-state index is 12.1. The molecule has 8 heteroatoms. The van der Waals surface area contributed by atoms with Crippen LogP contribution in [-0.4, -0.2) is 37.4 Å². The van der Waals surface area contributed by atoms with Crippen LogP contribution in [0.2, 0.25) is 0 Å². The number of non-ortho nitro benzene ring substituents is 1. The van der Waals surface area contributed by atoms with Crippen LogP contribution >= 0.6 is 15.9 Å². The molecule has 3 rings (SSSR count). The van der Waals surface area contributed by atoms with E-state index in [0.717, 1.165) is 32.8 Å². The molecule has 136 valence electrons. The molecule has 1 heterocycles. The summed E-state index contributed by atoms with van der Waals surface area (Å²) in [5, 5.41) is 23.0. The zero-order valence-electron chi connectivity index (χ0n) is 14.0. The first-order valence-electron chi connectivity index (χ1n) is 8.22. The largest absolute Gasteiger partial charge is 0.871 e. The van der Waals surface area contributed by atoms with Crippen LogP contribution in [0.1, 0.15) is 11.1 Å². The summed E-state index contributed by atoms with van der Waals surface area (Å²) in [5.74, 6) is -0.327. The van der Waals surface area contributed by atoms with Crippen LogP contribution < -0.4 is 10.0 Å². The molecule has 0 bridgehead atoms. The van der Waals surface area contributed by atoms with Gasteiger partial charge in [0.25, 0.3) is 5.69 Å². The Morgan fingerprint density at radius 3 is 2.58 bits per heavy atom. The average molecular weight is 420 g/mol. The van der Waals surface area contributed by atoms with Gasteiger partial charge in [0.1, 0.15) is 19.6 Å². The van der Waals surface area contributed by atoms with Crippen molar-refractivity contribution in [2.24, 2.45) is 4.99 Å². The fraction of sp³-hybridized carbons (Fsp3) is 0.278. The van der Waals surface area contributed by atoms with Gasteiger partial charge in [0, 0.05) is 28.4 Å². The average Bonchev–Trinajstić information content (AvgIpc) is 2.64. The monoisotopic (exact) mass is 419 g/mol. The number of nitrogens with zero attached hydrogens (tertiary/aromatic N) is 2. The highest BCUT2D eigenvalue weighted by Crippen LogP contribution is 2.29. The molecule has 7 nitrogen and oxygen atoms in total. The summed E-state index contributed by atoms with van der Waals surface area (Å²) >= 11 is 3.06. The summed E-state index contributed by atoms with van der Waals surface area (Å²) in [4.78, 5) is 16.1. The standard InChI is InChI=1S/C18H18BrN3O4/c19-17-10-16(22(24)25)9-14(18(17)23)11-20-15-3-1-13(2-4-15)12-21-5-7-26-8-6-21/h1-4,9-11,23H,5-8,12H2. The molecule has 26 heavy (non-hydrogen) atoms. The lowest BCUT2D eigenvalue weighted by Gasteiger charge is -2.23. The molecular weight excluding hydrogens is 402 g/mol. The number of nitro groups is 1. The minimum absolute atomic E-state index is 0.150. The van der Waals surface area contributed by atoms with Gasteiger partial charge in [-0.25, -0.2) is 0 Å². The molecule has 0 saturated carbocycles. The quantitative estimate of drug-likeness (QED) is 0.452. The van der Waals surface area contributed by atoms with Gasteiger partial charge in [-0.3, -0.25) is 15.1 Å². The van der Waals surface area contributed by atoms with E-state index in [1.807, 2.05) is 24.3 Å². The third kappa shape index (κ3) is 4.66. The van der Waals surface area contributed by atoms with Crippen LogP contribution in [0.5, 0.6) is 5.75 Å². The fourth-order valence-electron chi connectivity index (χ4n) is 2.77. The number of rotatable bonds is 5. The Kier molecular flexibility index (Phi) is 5.97. The first-order valence-corrected chi connectivity index (χ1v) is 9.01. The van der Waals surface area contributed by atoms with Gasteiger partial charge in [-0.05, 0) is 17.7 Å². The molecule has 1 aliphatic heterocycles. The first kappa shape index (κ1) is 18.5. The molecule has 2 aromatic carbocycles. The molecule has 0 atom stereocenters. The van der Waals surface area contributed by atoms with Crippen LogP contribution in [0, 0.1) is 10.1 Å². The predicted molar refractivity (Wildman–Crippen MR) is 99.2 cm³/mol. The van der Waals surface area contributed by atoms with Crippen molar-refractivity contribution in [2.45, 2.75) is 6.54 Å². The van der Waals surface area contributed by atoms with Gasteiger partial charge in [0.15, 0.2) is 0 Å². The van der Waals surface area contributed by atoms with Crippen molar-refractivity contribution < 1.29 is 19.7 Å². The van der Waals surface area contributed by atoms with Crippen molar-refractivity contribution >= 4 is 33.5 Å². The molecule has 1 aliphatic rings. The highest BCUT2D eigenvalue weighted by molar-refractivity contribution is 9.10. The summed E-state index contributed by atoms with van der Waals surface area (Å²) in [6, 6.07) is 10.2. The Labute approximate surface area is 159 Å². The number of nitro benzene ring substituents is 1. The zero-order chi connectivity index (χ0) is 18.5. The normalized spacial score (nSPS) is 15.4. The van der Waals surface area contributed by atoms with Crippen molar-refractivity contribution in [3.63, 3.8) is 0 Å². The summed E-state index contributed by atoms with van der Waals surface area (Å²) in [5.41, 5.74) is 1.92. The van der Waals surface area contributed by atoms with Crippen LogP contribution in [0.3, 0.4) is 0 Å². The first-order chi connectivity index (χ1) is 12.5. The summed E-state index contributed by atoms with van der Waals surface area (Å²) in [7, 11) is 0. The van der Waals surface area contributed by atoms with E-state index in [1.165, 1.54) is 28.8 Å². The molecule has 1 fully saturated rings. The smallest absolute Gasteiger partial charge is 0.271 e. The van der Waals surface area contributed by atoms with Gasteiger partial charge in [-0.1, -0.05) is 33.8 Å². The number of benzene rings is 2. The second-order valence-electron chi connectivity index (χ2n) is 6.07. The number of hydrogen-bond donors (Lipinski definition) is 1. The lowest BCUT2D eigenvalue weighted by Crippen LogP contribution is -3.12. The minimum atomic E-state index is -0.537. The lowest BCUT2D eigenvalue weighted by molar-refractivity contribution is -0.921. The van der Waals surface area contributed by atoms with E-state index in [1.54, 1.807) is 0 Å². The minimum Gasteiger partial charge on any atom is -0.871 e. The van der Waals surface area contributed by atoms with E-state index < -0.39 is 4.92 Å². The topological polar surface area (TPSA) is 92.2 Å². The third-order valence-electron chi connectivity index (χ3n) is 4.21. The number of hydrogen-bond acceptors (Lipinski definition) is 5. The molecule has 1 N–H and O–H groups in total. The van der Waals surface area contributed by atoms with Gasteiger partial charge < -0.3 is 14.7 Å². The zero-order valence-corrected chi connectivity index (χ0v) is 15.6. The van der Waals surface area contributed by atoms with Crippen molar-refractivity contribution in [1.29, 1.82) is 0 Å². The molecule has 0 aromatic heterocycles. The molecular formula is C18H18BrN3O4. The fourth-order valence-corrected chi connectivity index (χ4v) is 3.23. The number of nitrogens with one attached hydrogen (secondary N) is 1. The molecule has 0 radical (unpaired) electrons. The van der Waals surface area contributed by atoms with Crippen molar-refractivity contribution in [3.8, 4) is 5.75 Å². The van der Waals surface area contributed by atoms with Gasteiger partial charge in [-0.2, -0.15) is 0 Å². The van der Waals surface area contributed by atoms with E-state index in [9.17, 15) is 15.2 Å². The molecule has 0 amide bonds. The van der Waals surface area contributed by atoms with Crippen LogP contribution in [0.15, 0.2) is 45.9 Å². The number of aliphatic imine (C=N–C) groups is 1. The Hall–Kier alpha value is -2.29. The third-order valence-corrected chi connectivity index (χ3v) is 4.80. The summed E-state index contributed by atoms with van der Waals surface area (Å²) in [6.45, 7) is 4.56. The van der Waals surface area contributed by atoms with Crippen LogP contribution in [0.4, 0.5) is 11.4 Å². The second-order valence-corrected chi connectivity index (χ2v) is 6.92. The van der Waals surface area contributed by atoms with E-state index in [0.29, 0.717) is 5.69 Å². The SMILES string of the molecule is O=[N+]([O-])c1cc(Br)c([O-])c(C=Nc2ccc(C[NH+]3CCOCC3)cc2)c1. The molecule has 0 unspecified atom stereocenters. The second kappa shape index (κ2) is 8.39.